The number of anilines is 1. The Bertz CT molecular complexity index is 1740. The lowest BCUT2D eigenvalue weighted by Crippen LogP contribution is -2.11. The third-order valence-corrected chi connectivity index (χ3v) is 7.58. The largest absolute Gasteiger partial charge is 0.497 e. The van der Waals surface area contributed by atoms with Crippen LogP contribution in [0.1, 0.15) is 27.3 Å². The number of carbonyl (C=O) groups is 1. The van der Waals surface area contributed by atoms with Gasteiger partial charge in [0.05, 0.1) is 35.5 Å². The van der Waals surface area contributed by atoms with Crippen LogP contribution >= 0.6 is 11.5 Å². The molecule has 9 nitrogen and oxygen atoms in total. The van der Waals surface area contributed by atoms with E-state index in [0.717, 1.165) is 33.0 Å². The first kappa shape index (κ1) is 30.1. The van der Waals surface area contributed by atoms with E-state index < -0.39 is 0 Å². The molecular formula is C34H31N3O6S. The van der Waals surface area contributed by atoms with E-state index in [4.69, 9.17) is 33.0 Å². The van der Waals surface area contributed by atoms with Gasteiger partial charge in [-0.15, -0.1) is 0 Å². The number of benzene rings is 4. The molecule has 1 aromatic heterocycles. The lowest BCUT2D eigenvalue weighted by molar-refractivity contribution is 0.102. The Labute approximate surface area is 259 Å². The molecule has 1 heterocycles. The fourth-order valence-electron chi connectivity index (χ4n) is 4.47. The Morgan fingerprint density at radius 1 is 0.705 bits per heavy atom. The lowest BCUT2D eigenvalue weighted by Gasteiger charge is -2.15. The van der Waals surface area contributed by atoms with Crippen molar-refractivity contribution < 1.29 is 28.5 Å². The molecule has 0 fully saturated rings. The van der Waals surface area contributed by atoms with Gasteiger partial charge in [0.15, 0.2) is 17.3 Å². The van der Waals surface area contributed by atoms with Crippen LogP contribution in [0.3, 0.4) is 0 Å². The SMILES string of the molecule is COc1ccc(/C=C(\c2cc(OC)c(OC)c(OC)c2)c2nsc(-c3ccc(NC(=O)c4ccc(OC)cc4)cc3)n2)cc1. The van der Waals surface area contributed by atoms with Gasteiger partial charge in [0, 0.05) is 22.4 Å². The van der Waals surface area contributed by atoms with Crippen LogP contribution in [0.5, 0.6) is 28.7 Å². The van der Waals surface area contributed by atoms with Gasteiger partial charge in [0.2, 0.25) is 5.75 Å². The van der Waals surface area contributed by atoms with Crippen molar-refractivity contribution in [1.82, 2.24) is 9.36 Å². The van der Waals surface area contributed by atoms with Crippen LogP contribution in [0.15, 0.2) is 84.9 Å². The Hall–Kier alpha value is -5.35. The first-order valence-corrected chi connectivity index (χ1v) is 14.3. The Balaban J connectivity index is 1.46. The summed E-state index contributed by atoms with van der Waals surface area (Å²) in [6.45, 7) is 0. The monoisotopic (exact) mass is 609 g/mol. The number of nitrogens with one attached hydrogen (secondary N) is 1. The highest BCUT2D eigenvalue weighted by molar-refractivity contribution is 7.09. The second-order valence-corrected chi connectivity index (χ2v) is 10.2. The van der Waals surface area contributed by atoms with Gasteiger partial charge in [-0.05, 0) is 102 Å². The van der Waals surface area contributed by atoms with Crippen molar-refractivity contribution in [3.8, 4) is 39.3 Å². The van der Waals surface area contributed by atoms with Gasteiger partial charge < -0.3 is 29.0 Å². The highest BCUT2D eigenvalue weighted by Crippen LogP contribution is 2.41. The maximum Gasteiger partial charge on any atom is 0.255 e. The van der Waals surface area contributed by atoms with Crippen molar-refractivity contribution >= 4 is 34.8 Å². The van der Waals surface area contributed by atoms with Gasteiger partial charge in [-0.1, -0.05) is 12.1 Å². The van der Waals surface area contributed by atoms with Crippen LogP contribution in [0.25, 0.3) is 22.2 Å². The van der Waals surface area contributed by atoms with E-state index in [-0.39, 0.29) is 5.91 Å². The molecule has 5 rings (SSSR count). The minimum Gasteiger partial charge on any atom is -0.497 e. The number of nitrogens with zero attached hydrogens (tertiary/aromatic N) is 2. The standard InChI is InChI=1S/C34H31N3O6S/c1-39-26-14-6-21(7-15-26)18-28(24-19-29(41-3)31(43-5)30(20-24)42-4)32-36-34(44-37-32)23-8-12-25(13-9-23)35-33(38)22-10-16-27(40-2)17-11-22/h6-20H,1-5H3,(H,35,38)/b28-18+. The third-order valence-electron chi connectivity index (χ3n) is 6.81. The predicted molar refractivity (Wildman–Crippen MR) is 172 cm³/mol. The van der Waals surface area contributed by atoms with Gasteiger partial charge in [0.25, 0.3) is 5.91 Å². The second kappa shape index (κ2) is 13.7. The lowest BCUT2D eigenvalue weighted by atomic mass is 10.0. The molecule has 44 heavy (non-hydrogen) atoms. The smallest absolute Gasteiger partial charge is 0.255 e. The summed E-state index contributed by atoms with van der Waals surface area (Å²) in [7, 11) is 7.95. The predicted octanol–water partition coefficient (Wildman–Crippen LogP) is 7.09. The first-order valence-electron chi connectivity index (χ1n) is 13.5. The fraction of sp³-hybridized carbons (Fsp3) is 0.147. The number of amides is 1. The average Bonchev–Trinajstić information content (AvgIpc) is 3.57. The van der Waals surface area contributed by atoms with Crippen molar-refractivity contribution in [1.29, 1.82) is 0 Å². The number of rotatable bonds is 11. The van der Waals surface area contributed by atoms with Gasteiger partial charge >= 0.3 is 0 Å². The summed E-state index contributed by atoms with van der Waals surface area (Å²) in [6.07, 6.45) is 2.00. The van der Waals surface area contributed by atoms with Crippen molar-refractivity contribution in [2.45, 2.75) is 0 Å². The Morgan fingerprint density at radius 3 is 1.84 bits per heavy atom. The van der Waals surface area contributed by atoms with E-state index in [1.807, 2.05) is 66.7 Å². The van der Waals surface area contributed by atoms with E-state index in [1.165, 1.54) is 11.5 Å². The third kappa shape index (κ3) is 6.66. The minimum absolute atomic E-state index is 0.211. The molecule has 0 saturated heterocycles. The molecule has 0 saturated carbocycles. The molecule has 0 unspecified atom stereocenters. The van der Waals surface area contributed by atoms with Gasteiger partial charge in [0.1, 0.15) is 16.5 Å². The van der Waals surface area contributed by atoms with Crippen molar-refractivity contribution in [3.05, 3.63) is 107 Å². The van der Waals surface area contributed by atoms with Crippen molar-refractivity contribution in [3.63, 3.8) is 0 Å². The van der Waals surface area contributed by atoms with Crippen LogP contribution in [0.4, 0.5) is 5.69 Å². The van der Waals surface area contributed by atoms with Gasteiger partial charge in [-0.3, -0.25) is 4.79 Å². The number of carbonyl (C=O) groups excluding carboxylic acids is 1. The summed E-state index contributed by atoms with van der Waals surface area (Å²) in [4.78, 5) is 17.6. The van der Waals surface area contributed by atoms with Crippen LogP contribution in [0.2, 0.25) is 0 Å². The molecule has 0 spiro atoms. The number of ether oxygens (including phenoxy) is 5. The number of aromatic nitrogens is 2. The zero-order valence-corrected chi connectivity index (χ0v) is 25.7. The van der Waals surface area contributed by atoms with Gasteiger partial charge in [-0.25, -0.2) is 4.98 Å². The molecule has 0 radical (unpaired) electrons. The maximum absolute atomic E-state index is 12.7. The van der Waals surface area contributed by atoms with Crippen LogP contribution in [-0.4, -0.2) is 50.8 Å². The molecule has 0 aliphatic carbocycles. The molecule has 0 aliphatic rings. The summed E-state index contributed by atoms with van der Waals surface area (Å²) in [5, 5.41) is 3.64. The molecule has 0 bridgehead atoms. The van der Waals surface area contributed by atoms with Crippen molar-refractivity contribution in [2.24, 2.45) is 0 Å². The Kier molecular flexibility index (Phi) is 9.41. The zero-order valence-electron chi connectivity index (χ0n) is 24.9. The molecule has 4 aromatic carbocycles. The summed E-state index contributed by atoms with van der Waals surface area (Å²) >= 11 is 1.28. The maximum atomic E-state index is 12.7. The molecule has 0 atom stereocenters. The topological polar surface area (TPSA) is 101 Å². The number of methoxy groups -OCH3 is 5. The van der Waals surface area contributed by atoms with Gasteiger partial charge in [-0.2, -0.15) is 4.37 Å². The highest BCUT2D eigenvalue weighted by Gasteiger charge is 2.19. The van der Waals surface area contributed by atoms with E-state index in [9.17, 15) is 4.79 Å². The van der Waals surface area contributed by atoms with E-state index in [1.54, 1.807) is 59.8 Å². The van der Waals surface area contributed by atoms with Crippen LogP contribution < -0.4 is 29.0 Å². The number of hydrogen-bond acceptors (Lipinski definition) is 9. The summed E-state index contributed by atoms with van der Waals surface area (Å²) in [6, 6.07) is 25.9. The van der Waals surface area contributed by atoms with E-state index >= 15 is 0 Å². The minimum atomic E-state index is -0.211. The molecule has 5 aromatic rings. The molecule has 224 valence electrons. The Morgan fingerprint density at radius 2 is 1.30 bits per heavy atom. The molecule has 1 amide bonds. The zero-order chi connectivity index (χ0) is 31.1. The van der Waals surface area contributed by atoms with E-state index in [0.29, 0.717) is 40.1 Å². The number of hydrogen-bond donors (Lipinski definition) is 1. The average molecular weight is 610 g/mol. The normalized spacial score (nSPS) is 11.1. The summed E-state index contributed by atoms with van der Waals surface area (Å²) in [5.74, 6) is 3.30. The van der Waals surface area contributed by atoms with Crippen LogP contribution in [0, 0.1) is 0 Å². The summed E-state index contributed by atoms with van der Waals surface area (Å²) < 4.78 is 32.0. The molecule has 1 N–H and O–H groups in total. The summed E-state index contributed by atoms with van der Waals surface area (Å²) in [5.41, 5.74) is 4.55. The molecular weight excluding hydrogens is 578 g/mol. The van der Waals surface area contributed by atoms with E-state index in [2.05, 4.69) is 5.32 Å². The molecule has 0 aliphatic heterocycles. The van der Waals surface area contributed by atoms with Crippen LogP contribution in [-0.2, 0) is 0 Å². The second-order valence-electron chi connectivity index (χ2n) is 9.43. The highest BCUT2D eigenvalue weighted by atomic mass is 32.1. The first-order chi connectivity index (χ1) is 21.5. The fourth-order valence-corrected chi connectivity index (χ4v) is 5.15. The quantitative estimate of drug-likeness (QED) is 0.159. The van der Waals surface area contributed by atoms with Crippen molar-refractivity contribution in [2.75, 3.05) is 40.9 Å². The molecule has 10 heteroatoms.